The second-order valence-electron chi connectivity index (χ2n) is 6.84. The van der Waals surface area contributed by atoms with Crippen LogP contribution in [0.25, 0.3) is 22.3 Å². The molecule has 3 aromatic rings. The maximum Gasteiger partial charge on any atom is 0.328 e. The first kappa shape index (κ1) is 19.5. The van der Waals surface area contributed by atoms with E-state index in [0.29, 0.717) is 28.8 Å². The van der Waals surface area contributed by atoms with Crippen LogP contribution in [0, 0.1) is 5.92 Å². The van der Waals surface area contributed by atoms with Crippen molar-refractivity contribution in [1.82, 2.24) is 20.1 Å². The normalized spacial score (nSPS) is 12.2. The van der Waals surface area contributed by atoms with Crippen LogP contribution >= 0.6 is 0 Å². The largest absolute Gasteiger partial charge is 0.467 e. The number of nitrogens with one attached hydrogen (secondary N) is 1. The predicted molar refractivity (Wildman–Crippen MR) is 107 cm³/mol. The number of aryl methyl sites for hydroxylation is 1. The highest BCUT2D eigenvalue weighted by molar-refractivity contribution is 6.07. The van der Waals surface area contributed by atoms with Crippen LogP contribution in [-0.2, 0) is 16.1 Å². The van der Waals surface area contributed by atoms with Gasteiger partial charge in [0.25, 0.3) is 5.91 Å². The van der Waals surface area contributed by atoms with E-state index in [2.05, 4.69) is 10.4 Å². The molecule has 0 aliphatic carbocycles. The van der Waals surface area contributed by atoms with E-state index in [9.17, 15) is 9.59 Å². The molecule has 0 bridgehead atoms. The monoisotopic (exact) mass is 380 g/mol. The fraction of sp³-hybridized carbons (Fsp3) is 0.333. The van der Waals surface area contributed by atoms with Gasteiger partial charge in [0.2, 0.25) is 0 Å². The number of rotatable bonds is 6. The molecule has 1 unspecified atom stereocenters. The summed E-state index contributed by atoms with van der Waals surface area (Å²) in [4.78, 5) is 29.9. The Hall–Kier alpha value is -3.22. The predicted octanol–water partition coefficient (Wildman–Crippen LogP) is 3.05. The van der Waals surface area contributed by atoms with E-state index in [1.807, 2.05) is 51.1 Å². The zero-order chi connectivity index (χ0) is 20.3. The molecule has 0 radical (unpaired) electrons. The first-order valence-electron chi connectivity index (χ1n) is 9.27. The topological polar surface area (TPSA) is 86.1 Å². The van der Waals surface area contributed by atoms with Crippen LogP contribution in [-0.4, -0.2) is 39.8 Å². The van der Waals surface area contributed by atoms with Gasteiger partial charge < -0.3 is 10.1 Å². The van der Waals surface area contributed by atoms with Gasteiger partial charge in [-0.15, -0.1) is 0 Å². The smallest absolute Gasteiger partial charge is 0.328 e. The van der Waals surface area contributed by atoms with Gasteiger partial charge in [0.15, 0.2) is 5.65 Å². The standard InChI is InChI=1S/C21H24N4O3/c1-5-25-19-16(12-22-25)15(11-17(23-19)14-9-7-6-8-10-14)20(26)24-18(13(2)3)21(27)28-4/h6-13,18H,5H2,1-4H3,(H,24,26). The Bertz CT molecular complexity index is 996. The number of nitrogens with zero attached hydrogens (tertiary/aromatic N) is 3. The van der Waals surface area contributed by atoms with E-state index in [1.54, 1.807) is 16.9 Å². The van der Waals surface area contributed by atoms with Crippen molar-refractivity contribution in [3.63, 3.8) is 0 Å². The fourth-order valence-corrected chi connectivity index (χ4v) is 3.07. The molecule has 1 amide bonds. The highest BCUT2D eigenvalue weighted by atomic mass is 16.5. The van der Waals surface area contributed by atoms with E-state index in [1.165, 1.54) is 7.11 Å². The lowest BCUT2D eigenvalue weighted by atomic mass is 10.0. The summed E-state index contributed by atoms with van der Waals surface area (Å²) in [6.45, 7) is 6.31. The number of methoxy groups -OCH3 is 1. The molecular formula is C21H24N4O3. The number of esters is 1. The molecule has 28 heavy (non-hydrogen) atoms. The number of hydrogen-bond acceptors (Lipinski definition) is 5. The molecule has 1 N–H and O–H groups in total. The molecule has 3 rings (SSSR count). The molecule has 0 fully saturated rings. The average molecular weight is 380 g/mol. The quantitative estimate of drug-likeness (QED) is 0.664. The Morgan fingerprint density at radius 2 is 1.93 bits per heavy atom. The summed E-state index contributed by atoms with van der Waals surface area (Å²) in [5.74, 6) is -0.939. The summed E-state index contributed by atoms with van der Waals surface area (Å²) < 4.78 is 6.58. The second-order valence-corrected chi connectivity index (χ2v) is 6.84. The van der Waals surface area contributed by atoms with Gasteiger partial charge in [-0.25, -0.2) is 14.5 Å². The Morgan fingerprint density at radius 1 is 1.21 bits per heavy atom. The van der Waals surface area contributed by atoms with Crippen LogP contribution in [0.4, 0.5) is 0 Å². The highest BCUT2D eigenvalue weighted by Gasteiger charge is 2.27. The Balaban J connectivity index is 2.10. The fourth-order valence-electron chi connectivity index (χ4n) is 3.07. The van der Waals surface area contributed by atoms with Crippen molar-refractivity contribution in [3.8, 4) is 11.3 Å². The van der Waals surface area contributed by atoms with Crippen molar-refractivity contribution in [2.45, 2.75) is 33.4 Å². The van der Waals surface area contributed by atoms with E-state index in [-0.39, 0.29) is 11.8 Å². The first-order chi connectivity index (χ1) is 13.5. The molecule has 0 aliphatic rings. The van der Waals surface area contributed by atoms with Crippen molar-refractivity contribution in [2.24, 2.45) is 5.92 Å². The van der Waals surface area contributed by atoms with Gasteiger partial charge in [-0.05, 0) is 18.9 Å². The van der Waals surface area contributed by atoms with Gasteiger partial charge in [0.1, 0.15) is 6.04 Å². The SMILES string of the molecule is CCn1ncc2c(C(=O)NC(C(=O)OC)C(C)C)cc(-c3ccccc3)nc21. The van der Waals surface area contributed by atoms with E-state index < -0.39 is 12.0 Å². The minimum absolute atomic E-state index is 0.110. The minimum atomic E-state index is -0.734. The Morgan fingerprint density at radius 3 is 2.54 bits per heavy atom. The third-order valence-electron chi connectivity index (χ3n) is 4.63. The molecule has 1 aromatic carbocycles. The number of pyridine rings is 1. The van der Waals surface area contributed by atoms with Gasteiger partial charge >= 0.3 is 5.97 Å². The number of carbonyl (C=O) groups is 2. The van der Waals surface area contributed by atoms with E-state index in [0.717, 1.165) is 5.56 Å². The third kappa shape index (κ3) is 3.74. The summed E-state index contributed by atoms with van der Waals surface area (Å²) in [6.07, 6.45) is 1.64. The van der Waals surface area contributed by atoms with Crippen LogP contribution in [0.3, 0.4) is 0 Å². The first-order valence-corrected chi connectivity index (χ1v) is 9.27. The minimum Gasteiger partial charge on any atom is -0.467 e. The van der Waals surface area contributed by atoms with Crippen LogP contribution in [0.5, 0.6) is 0 Å². The summed E-state index contributed by atoms with van der Waals surface area (Å²) >= 11 is 0. The molecule has 2 aromatic heterocycles. The van der Waals surface area contributed by atoms with Crippen LogP contribution in [0.15, 0.2) is 42.6 Å². The number of hydrogen-bond donors (Lipinski definition) is 1. The van der Waals surface area contributed by atoms with Crippen molar-refractivity contribution in [3.05, 3.63) is 48.2 Å². The molecule has 0 saturated heterocycles. The lowest BCUT2D eigenvalue weighted by molar-refractivity contribution is -0.144. The third-order valence-corrected chi connectivity index (χ3v) is 4.63. The molecule has 7 nitrogen and oxygen atoms in total. The second kappa shape index (κ2) is 8.21. The van der Waals surface area contributed by atoms with Gasteiger partial charge in [0, 0.05) is 12.1 Å². The molecule has 1 atom stereocenters. The van der Waals surface area contributed by atoms with Crippen LogP contribution in [0.2, 0.25) is 0 Å². The number of ether oxygens (including phenoxy) is 1. The number of benzene rings is 1. The van der Waals surface area contributed by atoms with E-state index in [4.69, 9.17) is 9.72 Å². The number of carbonyl (C=O) groups excluding carboxylic acids is 2. The maximum absolute atomic E-state index is 13.1. The molecule has 2 heterocycles. The number of amides is 1. The number of aromatic nitrogens is 3. The summed E-state index contributed by atoms with van der Waals surface area (Å²) in [5, 5.41) is 7.79. The van der Waals surface area contributed by atoms with Crippen molar-refractivity contribution in [1.29, 1.82) is 0 Å². The number of fused-ring (bicyclic) bond motifs is 1. The lowest BCUT2D eigenvalue weighted by Crippen LogP contribution is -2.45. The van der Waals surface area contributed by atoms with Crippen molar-refractivity contribution >= 4 is 22.9 Å². The van der Waals surface area contributed by atoms with Crippen molar-refractivity contribution < 1.29 is 14.3 Å². The molecule has 0 spiro atoms. The Labute approximate surface area is 163 Å². The molecule has 0 saturated carbocycles. The summed E-state index contributed by atoms with van der Waals surface area (Å²) in [6, 6.07) is 10.6. The zero-order valence-electron chi connectivity index (χ0n) is 16.5. The average Bonchev–Trinajstić information content (AvgIpc) is 3.14. The maximum atomic E-state index is 13.1. The summed E-state index contributed by atoms with van der Waals surface area (Å²) in [7, 11) is 1.31. The summed E-state index contributed by atoms with van der Waals surface area (Å²) in [5.41, 5.74) is 2.63. The van der Waals surface area contributed by atoms with Crippen molar-refractivity contribution in [2.75, 3.05) is 7.11 Å². The molecular weight excluding hydrogens is 356 g/mol. The van der Waals surface area contributed by atoms with Crippen LogP contribution in [0.1, 0.15) is 31.1 Å². The molecule has 0 aliphatic heterocycles. The van der Waals surface area contributed by atoms with Gasteiger partial charge in [-0.2, -0.15) is 5.10 Å². The van der Waals surface area contributed by atoms with Gasteiger partial charge in [-0.1, -0.05) is 44.2 Å². The highest BCUT2D eigenvalue weighted by Crippen LogP contribution is 2.25. The molecule has 7 heteroatoms. The zero-order valence-corrected chi connectivity index (χ0v) is 16.5. The van der Waals surface area contributed by atoms with Gasteiger partial charge in [0.05, 0.1) is 30.0 Å². The van der Waals surface area contributed by atoms with E-state index >= 15 is 0 Å². The molecule has 146 valence electrons. The van der Waals surface area contributed by atoms with Crippen LogP contribution < -0.4 is 5.32 Å². The Kier molecular flexibility index (Phi) is 5.73. The lowest BCUT2D eigenvalue weighted by Gasteiger charge is -2.20. The van der Waals surface area contributed by atoms with Gasteiger partial charge in [-0.3, -0.25) is 4.79 Å².